The smallest absolute Gasteiger partial charge is 0.344 e. The first-order valence-corrected chi connectivity index (χ1v) is 7.13. The minimum absolute atomic E-state index is 0.0373. The number of hydrogen-bond donors (Lipinski definition) is 2. The summed E-state index contributed by atoms with van der Waals surface area (Å²) in [5.41, 5.74) is 1.19. The molecule has 0 aliphatic rings. The zero-order chi connectivity index (χ0) is 17.5. The minimum atomic E-state index is -0.716. The van der Waals surface area contributed by atoms with Crippen LogP contribution in [0.25, 0.3) is 0 Å². The third-order valence-electron chi connectivity index (χ3n) is 2.92. The van der Waals surface area contributed by atoms with Crippen LogP contribution in [0.1, 0.15) is 26.3 Å². The fourth-order valence-corrected chi connectivity index (χ4v) is 1.61. The first-order chi connectivity index (χ1) is 10.7. The number of benzene rings is 1. The third kappa shape index (κ3) is 6.82. The van der Waals surface area contributed by atoms with E-state index in [2.05, 4.69) is 26.1 Å². The molecule has 1 rings (SSSR count). The third-order valence-corrected chi connectivity index (χ3v) is 2.92. The molecule has 1 aromatic carbocycles. The second-order valence-electron chi connectivity index (χ2n) is 5.85. The molecular formula is C16H22N2O5. The van der Waals surface area contributed by atoms with Crippen molar-refractivity contribution in [1.82, 2.24) is 10.6 Å². The molecule has 0 unspecified atom stereocenters. The number of nitrogens with one attached hydrogen (secondary N) is 2. The van der Waals surface area contributed by atoms with Crippen molar-refractivity contribution >= 4 is 17.9 Å². The van der Waals surface area contributed by atoms with Gasteiger partial charge in [-0.1, -0.05) is 32.9 Å². The highest BCUT2D eigenvalue weighted by atomic mass is 16.6. The van der Waals surface area contributed by atoms with Gasteiger partial charge in [-0.25, -0.2) is 9.59 Å². The van der Waals surface area contributed by atoms with Crippen molar-refractivity contribution in [3.63, 3.8) is 0 Å². The number of hydrogen-bond acceptors (Lipinski definition) is 5. The second kappa shape index (κ2) is 8.17. The summed E-state index contributed by atoms with van der Waals surface area (Å²) in [7, 11) is 1.37. The Balaban J connectivity index is 2.36. The molecule has 2 N–H and O–H groups in total. The normalized spacial score (nSPS) is 10.6. The molecule has 0 bridgehead atoms. The Bertz CT molecular complexity index is 561. The lowest BCUT2D eigenvalue weighted by molar-refractivity contribution is -0.150. The Labute approximate surface area is 135 Å². The number of rotatable bonds is 5. The van der Waals surface area contributed by atoms with Crippen LogP contribution in [-0.4, -0.2) is 38.2 Å². The molecular weight excluding hydrogens is 300 g/mol. The van der Waals surface area contributed by atoms with Gasteiger partial charge < -0.3 is 14.8 Å². The van der Waals surface area contributed by atoms with Crippen molar-refractivity contribution in [2.45, 2.75) is 26.2 Å². The standard InChI is InChI=1S/C16H22N2O5/c1-16(2,3)11-5-7-12(8-6-11)22-10-14(20)23-9-13(19)18-15(21)17-4/h5-8H,9-10H2,1-4H3,(H2,17,18,19,21). The van der Waals surface area contributed by atoms with E-state index in [4.69, 9.17) is 9.47 Å². The van der Waals surface area contributed by atoms with Crippen molar-refractivity contribution in [2.24, 2.45) is 0 Å². The molecule has 0 saturated heterocycles. The van der Waals surface area contributed by atoms with Gasteiger partial charge >= 0.3 is 12.0 Å². The van der Waals surface area contributed by atoms with Crippen molar-refractivity contribution in [1.29, 1.82) is 0 Å². The number of carbonyl (C=O) groups is 3. The van der Waals surface area contributed by atoms with Crippen LogP contribution in [-0.2, 0) is 19.7 Å². The van der Waals surface area contributed by atoms with Crippen LogP contribution >= 0.6 is 0 Å². The van der Waals surface area contributed by atoms with Crippen LogP contribution in [0.15, 0.2) is 24.3 Å². The van der Waals surface area contributed by atoms with Crippen molar-refractivity contribution < 1.29 is 23.9 Å². The molecule has 0 aliphatic heterocycles. The van der Waals surface area contributed by atoms with E-state index in [9.17, 15) is 14.4 Å². The topological polar surface area (TPSA) is 93.7 Å². The van der Waals surface area contributed by atoms with Crippen LogP contribution < -0.4 is 15.4 Å². The van der Waals surface area contributed by atoms with Gasteiger partial charge in [0.15, 0.2) is 13.2 Å². The Kier molecular flexibility index (Phi) is 6.56. The van der Waals surface area contributed by atoms with E-state index in [-0.39, 0.29) is 12.0 Å². The Hall–Kier alpha value is -2.57. The number of ether oxygens (including phenoxy) is 2. The average molecular weight is 322 g/mol. The molecule has 126 valence electrons. The first kappa shape index (κ1) is 18.5. The minimum Gasteiger partial charge on any atom is -0.482 e. The highest BCUT2D eigenvalue weighted by Crippen LogP contribution is 2.24. The van der Waals surface area contributed by atoms with Crippen LogP contribution in [0.4, 0.5) is 4.79 Å². The number of amides is 3. The Morgan fingerprint density at radius 1 is 1.04 bits per heavy atom. The lowest BCUT2D eigenvalue weighted by Gasteiger charge is -2.19. The molecule has 0 saturated carbocycles. The van der Waals surface area contributed by atoms with Crippen molar-refractivity contribution in [3.8, 4) is 5.75 Å². The number of imide groups is 1. The summed E-state index contributed by atoms with van der Waals surface area (Å²) < 4.78 is 9.98. The van der Waals surface area contributed by atoms with Crippen LogP contribution in [0.3, 0.4) is 0 Å². The fraction of sp³-hybridized carbons (Fsp3) is 0.438. The molecule has 0 heterocycles. The highest BCUT2D eigenvalue weighted by molar-refractivity contribution is 5.95. The summed E-state index contributed by atoms with van der Waals surface area (Å²) in [6.07, 6.45) is 0. The average Bonchev–Trinajstić information content (AvgIpc) is 2.50. The first-order valence-electron chi connectivity index (χ1n) is 7.13. The molecule has 0 atom stereocenters. The molecule has 7 heteroatoms. The van der Waals surface area contributed by atoms with E-state index < -0.39 is 24.5 Å². The van der Waals surface area contributed by atoms with Gasteiger partial charge in [-0.3, -0.25) is 10.1 Å². The maximum absolute atomic E-state index is 11.5. The summed E-state index contributed by atoms with van der Waals surface area (Å²) >= 11 is 0. The summed E-state index contributed by atoms with van der Waals surface area (Å²) in [6.45, 7) is 5.44. The monoisotopic (exact) mass is 322 g/mol. The summed E-state index contributed by atoms with van der Waals surface area (Å²) in [6, 6.07) is 6.73. The zero-order valence-electron chi connectivity index (χ0n) is 13.8. The van der Waals surface area contributed by atoms with Gasteiger partial charge in [0.2, 0.25) is 0 Å². The zero-order valence-corrected chi connectivity index (χ0v) is 13.8. The molecule has 0 fully saturated rings. The number of urea groups is 1. The largest absolute Gasteiger partial charge is 0.482 e. The van der Waals surface area contributed by atoms with E-state index >= 15 is 0 Å². The van der Waals surface area contributed by atoms with E-state index in [1.165, 1.54) is 7.05 Å². The van der Waals surface area contributed by atoms with E-state index in [1.54, 1.807) is 12.1 Å². The van der Waals surface area contributed by atoms with E-state index in [1.807, 2.05) is 17.4 Å². The van der Waals surface area contributed by atoms with Crippen molar-refractivity contribution in [3.05, 3.63) is 29.8 Å². The van der Waals surface area contributed by atoms with Gasteiger partial charge in [0, 0.05) is 7.05 Å². The van der Waals surface area contributed by atoms with E-state index in [0.717, 1.165) is 5.56 Å². The predicted molar refractivity (Wildman–Crippen MR) is 84.2 cm³/mol. The quantitative estimate of drug-likeness (QED) is 0.798. The molecule has 7 nitrogen and oxygen atoms in total. The SMILES string of the molecule is CNC(=O)NC(=O)COC(=O)COc1ccc(C(C)(C)C)cc1. The number of carbonyl (C=O) groups excluding carboxylic acids is 3. The summed E-state index contributed by atoms with van der Waals surface area (Å²) in [4.78, 5) is 33.6. The van der Waals surface area contributed by atoms with E-state index in [0.29, 0.717) is 5.75 Å². The highest BCUT2D eigenvalue weighted by Gasteiger charge is 2.14. The van der Waals surface area contributed by atoms with Gasteiger partial charge in [0.25, 0.3) is 5.91 Å². The molecule has 1 aromatic rings. The molecule has 23 heavy (non-hydrogen) atoms. The predicted octanol–water partition coefficient (Wildman–Crippen LogP) is 1.36. The number of esters is 1. The lowest BCUT2D eigenvalue weighted by Crippen LogP contribution is -2.40. The lowest BCUT2D eigenvalue weighted by atomic mass is 9.87. The maximum Gasteiger partial charge on any atom is 0.344 e. The fourth-order valence-electron chi connectivity index (χ4n) is 1.61. The van der Waals surface area contributed by atoms with Gasteiger partial charge in [-0.15, -0.1) is 0 Å². The van der Waals surface area contributed by atoms with Crippen LogP contribution in [0.5, 0.6) is 5.75 Å². The molecule has 0 radical (unpaired) electrons. The maximum atomic E-state index is 11.5. The van der Waals surface area contributed by atoms with Gasteiger partial charge in [-0.2, -0.15) is 0 Å². The Morgan fingerprint density at radius 3 is 2.17 bits per heavy atom. The van der Waals surface area contributed by atoms with Crippen LogP contribution in [0, 0.1) is 0 Å². The molecule has 0 aliphatic carbocycles. The second-order valence-corrected chi connectivity index (χ2v) is 5.85. The van der Waals surface area contributed by atoms with Gasteiger partial charge in [0.05, 0.1) is 0 Å². The van der Waals surface area contributed by atoms with Crippen molar-refractivity contribution in [2.75, 3.05) is 20.3 Å². The van der Waals surface area contributed by atoms with Crippen LogP contribution in [0.2, 0.25) is 0 Å². The molecule has 0 aromatic heterocycles. The van der Waals surface area contributed by atoms with Gasteiger partial charge in [-0.05, 0) is 23.1 Å². The Morgan fingerprint density at radius 2 is 1.65 bits per heavy atom. The molecule has 3 amide bonds. The van der Waals surface area contributed by atoms with Gasteiger partial charge in [0.1, 0.15) is 5.75 Å². The summed E-state index contributed by atoms with van der Waals surface area (Å²) in [5.74, 6) is -0.881. The summed E-state index contributed by atoms with van der Waals surface area (Å²) in [5, 5.41) is 4.18. The molecule has 0 spiro atoms.